The zero-order valence-electron chi connectivity index (χ0n) is 16.6. The highest BCUT2D eigenvalue weighted by atomic mass is 16.5. The third-order valence-electron chi connectivity index (χ3n) is 5.16. The van der Waals surface area contributed by atoms with E-state index in [9.17, 15) is 19.5 Å². The monoisotopic (exact) mass is 391 g/mol. The van der Waals surface area contributed by atoms with Crippen LogP contribution in [0.3, 0.4) is 0 Å². The van der Waals surface area contributed by atoms with Gasteiger partial charge in [0.1, 0.15) is 11.8 Å². The molecule has 4 amide bonds. The van der Waals surface area contributed by atoms with Crippen LogP contribution in [-0.4, -0.2) is 53.7 Å². The van der Waals surface area contributed by atoms with Crippen LogP contribution in [0.25, 0.3) is 0 Å². The molecule has 0 aliphatic carbocycles. The first-order chi connectivity index (χ1) is 13.4. The van der Waals surface area contributed by atoms with Gasteiger partial charge in [-0.15, -0.1) is 0 Å². The van der Waals surface area contributed by atoms with Crippen molar-refractivity contribution in [2.45, 2.75) is 51.7 Å². The number of nitrogens with one attached hydrogen (secondary N) is 2. The molecule has 1 aliphatic rings. The van der Waals surface area contributed by atoms with Crippen molar-refractivity contribution in [1.82, 2.24) is 15.5 Å². The molecular formula is C20H29N3O5. The molecule has 8 nitrogen and oxygen atoms in total. The number of aliphatic hydroxyl groups is 1. The molecule has 0 aromatic heterocycles. The van der Waals surface area contributed by atoms with Gasteiger partial charge in [-0.3, -0.25) is 14.5 Å². The number of para-hydroxylation sites is 1. The van der Waals surface area contributed by atoms with E-state index in [1.807, 2.05) is 26.0 Å². The van der Waals surface area contributed by atoms with Crippen molar-refractivity contribution in [1.29, 1.82) is 0 Å². The van der Waals surface area contributed by atoms with E-state index in [0.29, 0.717) is 5.75 Å². The molecule has 1 heterocycles. The van der Waals surface area contributed by atoms with Crippen molar-refractivity contribution in [3.05, 3.63) is 29.8 Å². The molecular weight excluding hydrogens is 362 g/mol. The Kier molecular flexibility index (Phi) is 7.80. The van der Waals surface area contributed by atoms with Gasteiger partial charge < -0.3 is 20.5 Å². The number of carbonyl (C=O) groups excluding carboxylic acids is 3. The third kappa shape index (κ3) is 5.22. The maximum absolute atomic E-state index is 12.6. The Morgan fingerprint density at radius 2 is 2.07 bits per heavy atom. The second kappa shape index (κ2) is 10.1. The van der Waals surface area contributed by atoms with Crippen molar-refractivity contribution in [3.8, 4) is 5.75 Å². The highest BCUT2D eigenvalue weighted by molar-refractivity contribution is 6.04. The number of hydrogen-bond acceptors (Lipinski definition) is 5. The number of ether oxygens (including phenoxy) is 1. The maximum Gasteiger partial charge on any atom is 0.325 e. The fraction of sp³-hybridized carbons (Fsp3) is 0.550. The molecule has 1 aliphatic heterocycles. The van der Waals surface area contributed by atoms with Crippen LogP contribution < -0.4 is 15.4 Å². The van der Waals surface area contributed by atoms with Crippen molar-refractivity contribution >= 4 is 17.8 Å². The minimum Gasteiger partial charge on any atom is -0.496 e. The van der Waals surface area contributed by atoms with Gasteiger partial charge in [-0.25, -0.2) is 4.79 Å². The van der Waals surface area contributed by atoms with E-state index in [1.165, 1.54) is 7.11 Å². The van der Waals surface area contributed by atoms with Gasteiger partial charge in [0.15, 0.2) is 0 Å². The van der Waals surface area contributed by atoms with E-state index >= 15 is 0 Å². The SMILES string of the molecule is CC[C@H](C)[C@@H](CO)NC(=O)CC[C@H]1NC(=O)N(Cc2ccccc2OC)C1=O. The van der Waals surface area contributed by atoms with Gasteiger partial charge in [-0.2, -0.15) is 0 Å². The quantitative estimate of drug-likeness (QED) is 0.523. The number of methoxy groups -OCH3 is 1. The van der Waals surface area contributed by atoms with E-state index < -0.39 is 12.1 Å². The molecule has 1 fully saturated rings. The van der Waals surface area contributed by atoms with Gasteiger partial charge in [0.05, 0.1) is 26.3 Å². The summed E-state index contributed by atoms with van der Waals surface area (Å²) in [7, 11) is 1.53. The van der Waals surface area contributed by atoms with Crippen molar-refractivity contribution in [3.63, 3.8) is 0 Å². The van der Waals surface area contributed by atoms with Gasteiger partial charge >= 0.3 is 6.03 Å². The average molecular weight is 391 g/mol. The third-order valence-corrected chi connectivity index (χ3v) is 5.16. The van der Waals surface area contributed by atoms with Gasteiger partial charge in [0, 0.05) is 12.0 Å². The van der Waals surface area contributed by atoms with Gasteiger partial charge in [0.2, 0.25) is 5.91 Å². The highest BCUT2D eigenvalue weighted by Gasteiger charge is 2.38. The summed E-state index contributed by atoms with van der Waals surface area (Å²) < 4.78 is 5.26. The number of urea groups is 1. The van der Waals surface area contributed by atoms with Crippen LogP contribution in [0.1, 0.15) is 38.7 Å². The fourth-order valence-electron chi connectivity index (χ4n) is 3.13. The molecule has 0 bridgehead atoms. The van der Waals surface area contributed by atoms with E-state index in [0.717, 1.165) is 16.9 Å². The number of benzene rings is 1. The van der Waals surface area contributed by atoms with Crippen LogP contribution >= 0.6 is 0 Å². The first-order valence-electron chi connectivity index (χ1n) is 9.55. The molecule has 0 unspecified atom stereocenters. The molecule has 3 atom stereocenters. The second-order valence-corrected chi connectivity index (χ2v) is 7.02. The van der Waals surface area contributed by atoms with Crippen LogP contribution in [0.2, 0.25) is 0 Å². The van der Waals surface area contributed by atoms with Crippen LogP contribution in [0.5, 0.6) is 5.75 Å². The summed E-state index contributed by atoms with van der Waals surface area (Å²) in [5, 5.41) is 14.8. The molecule has 0 spiro atoms. The molecule has 3 N–H and O–H groups in total. The van der Waals surface area contributed by atoms with Gasteiger partial charge in [-0.05, 0) is 18.4 Å². The van der Waals surface area contributed by atoms with Crippen molar-refractivity contribution in [2.24, 2.45) is 5.92 Å². The van der Waals surface area contributed by atoms with Crippen LogP contribution in [0.15, 0.2) is 24.3 Å². The summed E-state index contributed by atoms with van der Waals surface area (Å²) in [4.78, 5) is 38.1. The Morgan fingerprint density at radius 3 is 2.71 bits per heavy atom. The summed E-state index contributed by atoms with van der Waals surface area (Å²) in [6, 6.07) is 5.67. The molecule has 0 radical (unpaired) electrons. The Bertz CT molecular complexity index is 709. The molecule has 28 heavy (non-hydrogen) atoms. The summed E-state index contributed by atoms with van der Waals surface area (Å²) in [5.41, 5.74) is 0.728. The lowest BCUT2D eigenvalue weighted by molar-refractivity contribution is -0.128. The zero-order valence-corrected chi connectivity index (χ0v) is 16.6. The molecule has 154 valence electrons. The summed E-state index contributed by atoms with van der Waals surface area (Å²) >= 11 is 0. The van der Waals surface area contributed by atoms with Crippen molar-refractivity contribution < 1.29 is 24.2 Å². The molecule has 0 saturated carbocycles. The number of hydrogen-bond donors (Lipinski definition) is 3. The zero-order chi connectivity index (χ0) is 20.7. The normalized spacial score (nSPS) is 18.6. The fourth-order valence-corrected chi connectivity index (χ4v) is 3.13. The smallest absolute Gasteiger partial charge is 0.325 e. The molecule has 8 heteroatoms. The highest BCUT2D eigenvalue weighted by Crippen LogP contribution is 2.22. The van der Waals surface area contributed by atoms with E-state index in [1.54, 1.807) is 12.1 Å². The first kappa shape index (κ1) is 21.7. The number of nitrogens with zero attached hydrogens (tertiary/aromatic N) is 1. The number of imide groups is 1. The van der Waals surface area contributed by atoms with Gasteiger partial charge in [-0.1, -0.05) is 38.5 Å². The number of amides is 4. The van der Waals surface area contributed by atoms with Gasteiger partial charge in [0.25, 0.3) is 5.91 Å². The average Bonchev–Trinajstić information content (AvgIpc) is 2.97. The van der Waals surface area contributed by atoms with Crippen LogP contribution in [0.4, 0.5) is 4.79 Å². The Hall–Kier alpha value is -2.61. The number of aliphatic hydroxyl groups excluding tert-OH is 1. The topological polar surface area (TPSA) is 108 Å². The number of rotatable bonds is 10. The summed E-state index contributed by atoms with van der Waals surface area (Å²) in [5.74, 6) is 0.151. The van der Waals surface area contributed by atoms with Crippen LogP contribution in [0, 0.1) is 5.92 Å². The Morgan fingerprint density at radius 1 is 1.36 bits per heavy atom. The lowest BCUT2D eigenvalue weighted by Gasteiger charge is -2.22. The minimum atomic E-state index is -0.732. The predicted molar refractivity (Wildman–Crippen MR) is 104 cm³/mol. The lowest BCUT2D eigenvalue weighted by Crippen LogP contribution is -2.42. The minimum absolute atomic E-state index is 0.0894. The second-order valence-electron chi connectivity index (χ2n) is 7.02. The predicted octanol–water partition coefficient (Wildman–Crippen LogP) is 1.42. The van der Waals surface area contributed by atoms with Crippen LogP contribution in [-0.2, 0) is 16.1 Å². The Balaban J connectivity index is 1.92. The first-order valence-corrected chi connectivity index (χ1v) is 9.55. The summed E-state index contributed by atoms with van der Waals surface area (Å²) in [6.45, 7) is 3.92. The van der Waals surface area contributed by atoms with E-state index in [-0.39, 0.29) is 49.8 Å². The molecule has 1 aromatic rings. The summed E-state index contributed by atoms with van der Waals surface area (Å²) in [6.07, 6.45) is 1.13. The van der Waals surface area contributed by atoms with Crippen molar-refractivity contribution in [2.75, 3.05) is 13.7 Å². The largest absolute Gasteiger partial charge is 0.496 e. The lowest BCUT2D eigenvalue weighted by atomic mass is 9.99. The molecule has 2 rings (SSSR count). The molecule has 1 saturated heterocycles. The Labute approximate surface area is 165 Å². The van der Waals surface area contributed by atoms with E-state index in [4.69, 9.17) is 4.74 Å². The van der Waals surface area contributed by atoms with E-state index in [2.05, 4.69) is 10.6 Å². The number of carbonyl (C=O) groups is 3. The standard InChI is InChI=1S/C20H29N3O5/c1-4-13(2)16(12-24)21-18(25)10-9-15-19(26)23(20(27)22-15)11-14-7-5-6-8-17(14)28-3/h5-8,13,15-16,24H,4,9-12H2,1-3H3,(H,21,25)(H,22,27)/t13-,15+,16+/m0/s1. The maximum atomic E-state index is 12.6. The molecule has 1 aromatic carbocycles.